The molecule has 3 rings (SSSR count). The average Bonchev–Trinajstić information content (AvgIpc) is 2.97. The summed E-state index contributed by atoms with van der Waals surface area (Å²) in [6.07, 6.45) is 3.45. The second-order valence-corrected chi connectivity index (χ2v) is 5.82. The number of H-pyrrole nitrogens is 1. The molecule has 0 amide bonds. The molecule has 3 heterocycles. The highest BCUT2D eigenvalue weighted by atomic mass is 35.5. The van der Waals surface area contributed by atoms with E-state index in [-0.39, 0.29) is 24.5 Å². The van der Waals surface area contributed by atoms with Gasteiger partial charge in [0.05, 0.1) is 17.7 Å². The van der Waals surface area contributed by atoms with Gasteiger partial charge in [0.15, 0.2) is 5.82 Å². The highest BCUT2D eigenvalue weighted by Gasteiger charge is 2.42. The summed E-state index contributed by atoms with van der Waals surface area (Å²) in [6, 6.07) is -0.515. The lowest BCUT2D eigenvalue weighted by molar-refractivity contribution is 0.0308. The molecule has 4 atom stereocenters. The molecule has 2 aromatic heterocycles. The van der Waals surface area contributed by atoms with Gasteiger partial charge in [0, 0.05) is 23.6 Å². The first kappa shape index (κ1) is 16.3. The Morgan fingerprint density at radius 1 is 1.33 bits per heavy atom. The topological polar surface area (TPSA) is 120 Å². The van der Waals surface area contributed by atoms with Crippen molar-refractivity contribution in [3.8, 4) is 0 Å². The zero-order chi connectivity index (χ0) is 14.3. The van der Waals surface area contributed by atoms with Crippen molar-refractivity contribution in [3.63, 3.8) is 0 Å². The Morgan fingerprint density at radius 3 is 2.81 bits per heavy atom. The maximum Gasteiger partial charge on any atom is 0.151 e. The second kappa shape index (κ2) is 6.37. The van der Waals surface area contributed by atoms with Crippen LogP contribution < -0.4 is 11.1 Å². The van der Waals surface area contributed by atoms with Crippen LogP contribution in [-0.4, -0.2) is 55.4 Å². The van der Waals surface area contributed by atoms with Crippen LogP contribution in [0.15, 0.2) is 12.5 Å². The van der Waals surface area contributed by atoms with Crippen molar-refractivity contribution in [1.29, 1.82) is 0 Å². The van der Waals surface area contributed by atoms with Gasteiger partial charge in [-0.1, -0.05) is 0 Å². The highest BCUT2D eigenvalue weighted by Crippen LogP contribution is 2.33. The number of anilines is 1. The van der Waals surface area contributed by atoms with Gasteiger partial charge >= 0.3 is 0 Å². The summed E-state index contributed by atoms with van der Waals surface area (Å²) in [6.45, 7) is 0. The quantitative estimate of drug-likeness (QED) is 0.539. The monoisotopic (exact) mass is 331 g/mol. The molecule has 1 fully saturated rings. The normalized spacial score (nSPS) is 28.7. The number of rotatable bonds is 3. The number of nitrogen functional groups attached to an aromatic ring is 1. The van der Waals surface area contributed by atoms with E-state index < -0.39 is 12.2 Å². The third-order valence-electron chi connectivity index (χ3n) is 3.70. The van der Waals surface area contributed by atoms with Crippen molar-refractivity contribution < 1.29 is 10.2 Å². The molecular formula is C12H18ClN5O2S. The van der Waals surface area contributed by atoms with Crippen molar-refractivity contribution in [2.75, 3.05) is 17.7 Å². The summed E-state index contributed by atoms with van der Waals surface area (Å²) in [4.78, 5) is 11.2. The molecule has 1 aliphatic heterocycles. The van der Waals surface area contributed by atoms with Crippen LogP contribution in [0.1, 0.15) is 11.6 Å². The number of hydrogen-bond acceptors (Lipinski definition) is 7. The molecule has 21 heavy (non-hydrogen) atoms. The van der Waals surface area contributed by atoms with Crippen LogP contribution in [-0.2, 0) is 0 Å². The molecule has 9 heteroatoms. The first-order chi connectivity index (χ1) is 9.63. The standard InChI is InChI=1S/C12H17N5O2S.ClH/c1-20-3-6-10(18)11(19)8(17-6)5-2-14-9-7(5)15-4-16-12(9)13;/h2,4,6,8,10-11,14,17-19H,3H2,1H3,(H2,13,15,16);1H/t6-,8+,10-,11+;/m1./s1. The number of nitrogens with one attached hydrogen (secondary N) is 2. The van der Waals surface area contributed by atoms with Gasteiger partial charge in [0.25, 0.3) is 0 Å². The maximum absolute atomic E-state index is 10.2. The highest BCUT2D eigenvalue weighted by molar-refractivity contribution is 7.98. The van der Waals surface area contributed by atoms with Gasteiger partial charge < -0.3 is 26.2 Å². The van der Waals surface area contributed by atoms with Crippen molar-refractivity contribution in [2.45, 2.75) is 24.3 Å². The largest absolute Gasteiger partial charge is 0.389 e. The fourth-order valence-corrected chi connectivity index (χ4v) is 3.33. The summed E-state index contributed by atoms with van der Waals surface area (Å²) in [7, 11) is 0. The minimum absolute atomic E-state index is 0. The van der Waals surface area contributed by atoms with Crippen LogP contribution >= 0.6 is 24.2 Å². The lowest BCUT2D eigenvalue weighted by atomic mass is 10.0. The molecule has 0 aliphatic carbocycles. The number of nitrogens with zero attached hydrogens (tertiary/aromatic N) is 2. The van der Waals surface area contributed by atoms with E-state index >= 15 is 0 Å². The Kier molecular flexibility index (Phi) is 4.95. The molecule has 1 saturated heterocycles. The van der Waals surface area contributed by atoms with E-state index in [0.29, 0.717) is 16.9 Å². The summed E-state index contributed by atoms with van der Waals surface area (Å²) < 4.78 is 0. The van der Waals surface area contributed by atoms with E-state index in [9.17, 15) is 10.2 Å². The number of aliphatic hydroxyl groups excluding tert-OH is 2. The summed E-state index contributed by atoms with van der Waals surface area (Å²) in [5.74, 6) is 1.10. The van der Waals surface area contributed by atoms with E-state index in [1.54, 1.807) is 18.0 Å². The van der Waals surface area contributed by atoms with E-state index in [2.05, 4.69) is 20.3 Å². The van der Waals surface area contributed by atoms with Gasteiger partial charge in [0.2, 0.25) is 0 Å². The molecule has 0 unspecified atom stereocenters. The number of halogens is 1. The Bertz CT molecular complexity index is 625. The van der Waals surface area contributed by atoms with Gasteiger partial charge in [-0.2, -0.15) is 11.8 Å². The Morgan fingerprint density at radius 2 is 2.10 bits per heavy atom. The lowest BCUT2D eigenvalue weighted by Gasteiger charge is -2.14. The summed E-state index contributed by atoms with van der Waals surface area (Å²) >= 11 is 1.62. The molecule has 0 bridgehead atoms. The number of aromatic amines is 1. The molecule has 0 radical (unpaired) electrons. The molecule has 6 N–H and O–H groups in total. The molecule has 1 aliphatic rings. The smallest absolute Gasteiger partial charge is 0.151 e. The summed E-state index contributed by atoms with van der Waals surface area (Å²) in [5.41, 5.74) is 7.91. The second-order valence-electron chi connectivity index (χ2n) is 4.91. The number of aliphatic hydroxyl groups is 2. The molecule has 2 aromatic rings. The Hall–Kier alpha value is -1.06. The minimum atomic E-state index is -0.873. The van der Waals surface area contributed by atoms with Crippen LogP contribution in [0.5, 0.6) is 0 Å². The first-order valence-electron chi connectivity index (χ1n) is 6.32. The zero-order valence-electron chi connectivity index (χ0n) is 11.4. The van der Waals surface area contributed by atoms with Gasteiger partial charge in [-0.05, 0) is 6.26 Å². The van der Waals surface area contributed by atoms with Gasteiger partial charge in [-0.3, -0.25) is 0 Å². The van der Waals surface area contributed by atoms with E-state index in [1.165, 1.54) is 6.33 Å². The molecule has 0 spiro atoms. The zero-order valence-corrected chi connectivity index (χ0v) is 13.0. The van der Waals surface area contributed by atoms with E-state index in [0.717, 1.165) is 11.3 Å². The number of thioether (sulfide) groups is 1. The van der Waals surface area contributed by atoms with Gasteiger partial charge in [-0.15, -0.1) is 12.4 Å². The molecule has 0 aromatic carbocycles. The Balaban J connectivity index is 0.00000161. The van der Waals surface area contributed by atoms with Gasteiger partial charge in [0.1, 0.15) is 17.9 Å². The maximum atomic E-state index is 10.2. The number of fused-ring (bicyclic) bond motifs is 1. The lowest BCUT2D eigenvalue weighted by Crippen LogP contribution is -2.34. The molecule has 116 valence electrons. The van der Waals surface area contributed by atoms with Crippen LogP contribution in [0.4, 0.5) is 5.82 Å². The third-order valence-corrected chi connectivity index (χ3v) is 4.39. The van der Waals surface area contributed by atoms with Crippen molar-refractivity contribution in [1.82, 2.24) is 20.3 Å². The van der Waals surface area contributed by atoms with Crippen molar-refractivity contribution in [3.05, 3.63) is 18.1 Å². The van der Waals surface area contributed by atoms with E-state index in [4.69, 9.17) is 5.73 Å². The predicted molar refractivity (Wildman–Crippen MR) is 85.6 cm³/mol. The van der Waals surface area contributed by atoms with E-state index in [1.807, 2.05) is 6.26 Å². The number of nitrogens with two attached hydrogens (primary N) is 1. The number of aromatic nitrogens is 3. The minimum Gasteiger partial charge on any atom is -0.389 e. The van der Waals surface area contributed by atoms with Crippen molar-refractivity contribution in [2.24, 2.45) is 0 Å². The Labute approximate surface area is 132 Å². The van der Waals surface area contributed by atoms with Gasteiger partial charge in [-0.25, -0.2) is 9.97 Å². The first-order valence-corrected chi connectivity index (χ1v) is 7.71. The molecule has 7 nitrogen and oxygen atoms in total. The van der Waals surface area contributed by atoms with Crippen LogP contribution in [0.3, 0.4) is 0 Å². The van der Waals surface area contributed by atoms with Crippen LogP contribution in [0.2, 0.25) is 0 Å². The average molecular weight is 332 g/mol. The third kappa shape index (κ3) is 2.69. The predicted octanol–water partition coefficient (Wildman–Crippen LogP) is 0.0596. The van der Waals surface area contributed by atoms with Crippen LogP contribution in [0.25, 0.3) is 11.0 Å². The molecule has 0 saturated carbocycles. The fourth-order valence-electron chi connectivity index (χ4n) is 2.68. The fraction of sp³-hybridized carbons (Fsp3) is 0.500. The van der Waals surface area contributed by atoms with Crippen LogP contribution in [0, 0.1) is 0 Å². The van der Waals surface area contributed by atoms with Crippen molar-refractivity contribution >= 4 is 41.0 Å². The SMILES string of the molecule is CSC[C@H]1N[C@@H](c2c[nH]c3c(N)ncnc23)[C@H](O)[C@@H]1O.Cl. The summed E-state index contributed by atoms with van der Waals surface area (Å²) in [5, 5.41) is 23.6. The number of hydrogen-bond donors (Lipinski definition) is 5. The molecular weight excluding hydrogens is 314 g/mol.